The average molecular weight is 369 g/mol. The van der Waals surface area contributed by atoms with Crippen molar-refractivity contribution in [3.63, 3.8) is 0 Å². The van der Waals surface area contributed by atoms with Crippen molar-refractivity contribution in [3.05, 3.63) is 66.2 Å². The van der Waals surface area contributed by atoms with E-state index in [4.69, 9.17) is 0 Å². The number of thioether (sulfide) groups is 1. The van der Waals surface area contributed by atoms with Crippen LogP contribution >= 0.6 is 11.8 Å². The number of benzene rings is 2. The second-order valence-electron chi connectivity index (χ2n) is 6.11. The smallest absolute Gasteiger partial charge is 0.318 e. The molecule has 2 atom stereocenters. The molecule has 1 saturated heterocycles. The predicted octanol–water partition coefficient (Wildman–Crippen LogP) is 2.67. The molecule has 3 rings (SSSR count). The minimum Gasteiger partial charge on any atom is -0.318 e. The summed E-state index contributed by atoms with van der Waals surface area (Å²) < 4.78 is 0. The molecule has 0 aliphatic carbocycles. The Hall–Kier alpha value is -2.80. The van der Waals surface area contributed by atoms with E-state index in [1.807, 2.05) is 36.4 Å². The molecule has 134 valence electrons. The molecule has 2 N–H and O–H groups in total. The molecule has 26 heavy (non-hydrogen) atoms. The molecule has 2 aromatic carbocycles. The Bertz CT molecular complexity index is 828. The van der Waals surface area contributed by atoms with E-state index in [1.54, 1.807) is 38.1 Å². The van der Waals surface area contributed by atoms with Crippen LogP contribution in [0.2, 0.25) is 0 Å². The van der Waals surface area contributed by atoms with Crippen molar-refractivity contribution >= 4 is 29.6 Å². The molecule has 4 amide bonds. The van der Waals surface area contributed by atoms with Gasteiger partial charge < -0.3 is 5.32 Å². The highest BCUT2D eigenvalue weighted by molar-refractivity contribution is 8.00. The number of nitrogens with one attached hydrogen (secondary N) is 2. The van der Waals surface area contributed by atoms with Crippen LogP contribution in [-0.2, 0) is 15.1 Å². The number of carbonyl (C=O) groups is 3. The van der Waals surface area contributed by atoms with Crippen LogP contribution in [0.1, 0.15) is 19.4 Å². The Kier molecular flexibility index (Phi) is 4.99. The van der Waals surface area contributed by atoms with Crippen molar-refractivity contribution in [2.75, 3.05) is 0 Å². The number of imide groups is 1. The van der Waals surface area contributed by atoms with Crippen molar-refractivity contribution in [2.45, 2.75) is 29.5 Å². The molecule has 0 aromatic heterocycles. The second-order valence-corrected chi connectivity index (χ2v) is 7.53. The van der Waals surface area contributed by atoms with Crippen LogP contribution in [-0.4, -0.2) is 28.1 Å². The van der Waals surface area contributed by atoms with Crippen LogP contribution in [0.25, 0.3) is 0 Å². The van der Waals surface area contributed by atoms with Gasteiger partial charge in [0, 0.05) is 4.90 Å². The van der Waals surface area contributed by atoms with Gasteiger partial charge >= 0.3 is 6.03 Å². The third-order valence-electron chi connectivity index (χ3n) is 4.19. The minimum atomic E-state index is -1.21. The van der Waals surface area contributed by atoms with Gasteiger partial charge in [-0.3, -0.25) is 15.0 Å². The van der Waals surface area contributed by atoms with E-state index >= 15 is 0 Å². The SMILES string of the molecule is CC(Sc1ccccc1)C(=O)NN1C(=O)NC(C)(c2ccccc2)C1=O. The van der Waals surface area contributed by atoms with Gasteiger partial charge in [0.2, 0.25) is 0 Å². The lowest BCUT2D eigenvalue weighted by atomic mass is 9.92. The van der Waals surface area contributed by atoms with E-state index in [9.17, 15) is 14.4 Å². The maximum Gasteiger partial charge on any atom is 0.344 e. The average Bonchev–Trinajstić information content (AvgIpc) is 2.87. The normalized spacial score (nSPS) is 20.6. The Morgan fingerprint density at radius 2 is 1.65 bits per heavy atom. The molecule has 1 aliphatic rings. The highest BCUT2D eigenvalue weighted by Crippen LogP contribution is 2.28. The first-order valence-corrected chi connectivity index (χ1v) is 9.04. The summed E-state index contributed by atoms with van der Waals surface area (Å²) >= 11 is 1.35. The number of hydrazine groups is 1. The second kappa shape index (κ2) is 7.21. The highest BCUT2D eigenvalue weighted by Gasteiger charge is 2.50. The third-order valence-corrected chi connectivity index (χ3v) is 5.30. The summed E-state index contributed by atoms with van der Waals surface area (Å²) in [5.41, 5.74) is 1.88. The van der Waals surface area contributed by atoms with E-state index in [0.717, 1.165) is 9.90 Å². The molecular weight excluding hydrogens is 350 g/mol. The largest absolute Gasteiger partial charge is 0.344 e. The van der Waals surface area contributed by atoms with Gasteiger partial charge in [0.05, 0.1) is 5.25 Å². The first-order chi connectivity index (χ1) is 12.4. The number of hydrogen-bond donors (Lipinski definition) is 2. The standard InChI is InChI=1S/C19H19N3O3S/c1-13(26-15-11-7-4-8-12-15)16(23)21-22-17(24)19(2,20-18(22)25)14-9-5-3-6-10-14/h3-13H,1-2H3,(H,20,25)(H,21,23). The van der Waals surface area contributed by atoms with Gasteiger partial charge in [0.25, 0.3) is 11.8 Å². The van der Waals surface area contributed by atoms with Crippen molar-refractivity contribution in [1.82, 2.24) is 15.8 Å². The van der Waals surface area contributed by atoms with Crippen molar-refractivity contribution in [2.24, 2.45) is 0 Å². The van der Waals surface area contributed by atoms with Gasteiger partial charge in [-0.1, -0.05) is 48.5 Å². The monoisotopic (exact) mass is 369 g/mol. The topological polar surface area (TPSA) is 78.5 Å². The van der Waals surface area contributed by atoms with E-state index in [1.165, 1.54) is 11.8 Å². The molecule has 1 aliphatic heterocycles. The lowest BCUT2D eigenvalue weighted by Gasteiger charge is -2.22. The van der Waals surface area contributed by atoms with Crippen LogP contribution < -0.4 is 10.7 Å². The molecule has 2 unspecified atom stereocenters. The zero-order chi connectivity index (χ0) is 18.7. The van der Waals surface area contributed by atoms with Crippen LogP contribution in [0.4, 0.5) is 4.79 Å². The number of carbonyl (C=O) groups excluding carboxylic acids is 3. The number of nitrogens with zero attached hydrogens (tertiary/aromatic N) is 1. The van der Waals surface area contributed by atoms with Gasteiger partial charge in [0.1, 0.15) is 5.54 Å². The molecule has 0 radical (unpaired) electrons. The van der Waals surface area contributed by atoms with Crippen molar-refractivity contribution < 1.29 is 14.4 Å². The summed E-state index contributed by atoms with van der Waals surface area (Å²) in [7, 11) is 0. The number of hydrogen-bond acceptors (Lipinski definition) is 4. The maximum atomic E-state index is 12.8. The number of rotatable bonds is 5. The van der Waals surface area contributed by atoms with E-state index in [-0.39, 0.29) is 0 Å². The quantitative estimate of drug-likeness (QED) is 0.627. The predicted molar refractivity (Wildman–Crippen MR) is 99.1 cm³/mol. The van der Waals surface area contributed by atoms with E-state index < -0.39 is 28.6 Å². The fraction of sp³-hybridized carbons (Fsp3) is 0.211. The third kappa shape index (κ3) is 3.43. The molecule has 6 nitrogen and oxygen atoms in total. The lowest BCUT2D eigenvalue weighted by molar-refractivity contribution is -0.138. The first kappa shape index (κ1) is 18.0. The van der Waals surface area contributed by atoms with Gasteiger partial charge in [-0.2, -0.15) is 5.01 Å². The Balaban J connectivity index is 1.71. The zero-order valence-electron chi connectivity index (χ0n) is 14.4. The fourth-order valence-electron chi connectivity index (χ4n) is 2.67. The van der Waals surface area contributed by atoms with Crippen LogP contribution in [0.3, 0.4) is 0 Å². The zero-order valence-corrected chi connectivity index (χ0v) is 15.2. The summed E-state index contributed by atoms with van der Waals surface area (Å²) in [5.74, 6) is -0.932. The molecule has 1 heterocycles. The molecule has 7 heteroatoms. The van der Waals surface area contributed by atoms with Crippen LogP contribution in [0.5, 0.6) is 0 Å². The molecule has 0 spiro atoms. The molecule has 2 aromatic rings. The Morgan fingerprint density at radius 3 is 2.27 bits per heavy atom. The fourth-order valence-corrected chi connectivity index (χ4v) is 3.55. The molecular formula is C19H19N3O3S. The molecule has 0 saturated carbocycles. The minimum absolute atomic E-state index is 0.417. The van der Waals surface area contributed by atoms with Gasteiger partial charge in [0.15, 0.2) is 0 Å². The first-order valence-electron chi connectivity index (χ1n) is 8.16. The summed E-state index contributed by atoms with van der Waals surface area (Å²) in [6, 6.07) is 17.7. The Labute approximate surface area is 155 Å². The Morgan fingerprint density at radius 1 is 1.08 bits per heavy atom. The van der Waals surface area contributed by atoms with E-state index in [2.05, 4.69) is 10.7 Å². The van der Waals surface area contributed by atoms with Gasteiger partial charge in [-0.25, -0.2) is 4.79 Å². The molecule has 0 bridgehead atoms. The van der Waals surface area contributed by atoms with Gasteiger partial charge in [-0.15, -0.1) is 11.8 Å². The van der Waals surface area contributed by atoms with Gasteiger partial charge in [-0.05, 0) is 31.5 Å². The number of amides is 4. The van der Waals surface area contributed by atoms with Crippen LogP contribution in [0, 0.1) is 0 Å². The molecule has 1 fully saturated rings. The van der Waals surface area contributed by atoms with Crippen molar-refractivity contribution in [1.29, 1.82) is 0 Å². The highest BCUT2D eigenvalue weighted by atomic mass is 32.2. The summed E-state index contributed by atoms with van der Waals surface area (Å²) in [6.45, 7) is 3.35. The van der Waals surface area contributed by atoms with Crippen molar-refractivity contribution in [3.8, 4) is 0 Å². The van der Waals surface area contributed by atoms with E-state index in [0.29, 0.717) is 5.56 Å². The number of urea groups is 1. The summed E-state index contributed by atoms with van der Waals surface area (Å²) in [5, 5.41) is 2.95. The summed E-state index contributed by atoms with van der Waals surface area (Å²) in [4.78, 5) is 38.4. The van der Waals surface area contributed by atoms with Crippen LogP contribution in [0.15, 0.2) is 65.6 Å². The lowest BCUT2D eigenvalue weighted by Crippen LogP contribution is -2.50. The summed E-state index contributed by atoms with van der Waals surface area (Å²) in [6.07, 6.45) is 0. The maximum absolute atomic E-state index is 12.8.